The summed E-state index contributed by atoms with van der Waals surface area (Å²) < 4.78 is 18.8. The van der Waals surface area contributed by atoms with Crippen LogP contribution in [0.15, 0.2) is 29.3 Å². The molecule has 0 bridgehead atoms. The van der Waals surface area contributed by atoms with E-state index in [1.807, 2.05) is 12.1 Å². The molecule has 142 valence electrons. The van der Waals surface area contributed by atoms with Crippen molar-refractivity contribution in [1.82, 2.24) is 10.6 Å². The van der Waals surface area contributed by atoms with Gasteiger partial charge in [-0.15, -0.1) is 24.0 Å². The number of ether oxygens (including phenoxy) is 1. The third-order valence-corrected chi connectivity index (χ3v) is 4.47. The zero-order valence-electron chi connectivity index (χ0n) is 15.5. The van der Waals surface area contributed by atoms with Crippen molar-refractivity contribution in [2.24, 2.45) is 10.9 Å². The summed E-state index contributed by atoms with van der Waals surface area (Å²) in [6, 6.07) is 6.87. The van der Waals surface area contributed by atoms with Crippen LogP contribution in [-0.4, -0.2) is 38.8 Å². The van der Waals surface area contributed by atoms with E-state index < -0.39 is 0 Å². The van der Waals surface area contributed by atoms with Gasteiger partial charge in [-0.1, -0.05) is 26.0 Å². The van der Waals surface area contributed by atoms with Crippen LogP contribution in [-0.2, 0) is 10.2 Å². The Morgan fingerprint density at radius 3 is 2.40 bits per heavy atom. The first-order chi connectivity index (χ1) is 11.6. The maximum Gasteiger partial charge on any atom is 0.191 e. The van der Waals surface area contributed by atoms with Crippen molar-refractivity contribution in [2.45, 2.75) is 39.0 Å². The summed E-state index contributed by atoms with van der Waals surface area (Å²) in [5, 5.41) is 6.69. The van der Waals surface area contributed by atoms with Crippen LogP contribution in [0.25, 0.3) is 0 Å². The van der Waals surface area contributed by atoms with E-state index in [-0.39, 0.29) is 35.2 Å². The molecule has 0 aromatic heterocycles. The lowest BCUT2D eigenvalue weighted by Crippen LogP contribution is -2.42. The number of hydrogen-bond acceptors (Lipinski definition) is 2. The van der Waals surface area contributed by atoms with Crippen LogP contribution in [0.4, 0.5) is 4.39 Å². The van der Waals surface area contributed by atoms with E-state index >= 15 is 0 Å². The van der Waals surface area contributed by atoms with E-state index in [2.05, 4.69) is 31.4 Å². The SMILES string of the molecule is CCNC(=NCC1(c2ccc(F)cc2)CCOCC1)NCC(C)C.I. The first-order valence-corrected chi connectivity index (χ1v) is 8.92. The lowest BCUT2D eigenvalue weighted by molar-refractivity contribution is 0.0531. The molecule has 6 heteroatoms. The van der Waals surface area contributed by atoms with Crippen molar-refractivity contribution in [3.63, 3.8) is 0 Å². The Bertz CT molecular complexity index is 528. The largest absolute Gasteiger partial charge is 0.381 e. The van der Waals surface area contributed by atoms with E-state index in [9.17, 15) is 4.39 Å². The standard InChI is InChI=1S/C19H30FN3O.HI/c1-4-21-18(22-13-15(2)3)23-14-19(9-11-24-12-10-19)16-5-7-17(20)8-6-16;/h5-8,15H,4,9-14H2,1-3H3,(H2,21,22,23);1H. The van der Waals surface area contributed by atoms with Crippen LogP contribution in [0.2, 0.25) is 0 Å². The van der Waals surface area contributed by atoms with Gasteiger partial charge in [-0.2, -0.15) is 0 Å². The summed E-state index contributed by atoms with van der Waals surface area (Å²) >= 11 is 0. The average Bonchev–Trinajstić information content (AvgIpc) is 2.58. The van der Waals surface area contributed by atoms with Crippen molar-refractivity contribution in [3.05, 3.63) is 35.6 Å². The molecular formula is C19H31FIN3O. The van der Waals surface area contributed by atoms with Crippen molar-refractivity contribution < 1.29 is 9.13 Å². The molecule has 0 unspecified atom stereocenters. The van der Waals surface area contributed by atoms with Crippen LogP contribution in [0.1, 0.15) is 39.2 Å². The van der Waals surface area contributed by atoms with Gasteiger partial charge in [0.1, 0.15) is 5.82 Å². The molecule has 1 aromatic carbocycles. The Morgan fingerprint density at radius 1 is 1.20 bits per heavy atom. The van der Waals surface area contributed by atoms with Gasteiger partial charge in [-0.05, 0) is 43.4 Å². The molecule has 2 rings (SSSR count). The summed E-state index contributed by atoms with van der Waals surface area (Å²) in [5.41, 5.74) is 1.07. The Labute approximate surface area is 168 Å². The van der Waals surface area contributed by atoms with Gasteiger partial charge in [0, 0.05) is 31.7 Å². The molecule has 0 radical (unpaired) electrons. The summed E-state index contributed by atoms with van der Waals surface area (Å²) in [6.07, 6.45) is 1.82. The minimum atomic E-state index is -0.198. The van der Waals surface area contributed by atoms with Gasteiger partial charge in [0.2, 0.25) is 0 Å². The normalized spacial score (nSPS) is 17.1. The van der Waals surface area contributed by atoms with Crippen molar-refractivity contribution >= 4 is 29.9 Å². The monoisotopic (exact) mass is 463 g/mol. The number of nitrogens with zero attached hydrogens (tertiary/aromatic N) is 1. The second-order valence-corrected chi connectivity index (χ2v) is 6.87. The van der Waals surface area contributed by atoms with Crippen LogP contribution in [0, 0.1) is 11.7 Å². The lowest BCUT2D eigenvalue weighted by atomic mass is 9.74. The minimum Gasteiger partial charge on any atom is -0.381 e. The number of benzene rings is 1. The second kappa shape index (κ2) is 11.0. The number of halogens is 2. The number of aliphatic imine (C=N–C) groups is 1. The Morgan fingerprint density at radius 2 is 1.84 bits per heavy atom. The van der Waals surface area contributed by atoms with Crippen molar-refractivity contribution in [3.8, 4) is 0 Å². The summed E-state index contributed by atoms with van der Waals surface area (Å²) in [5.74, 6) is 1.21. The molecule has 2 N–H and O–H groups in total. The molecule has 4 nitrogen and oxygen atoms in total. The third-order valence-electron chi connectivity index (χ3n) is 4.47. The van der Waals surface area contributed by atoms with E-state index in [1.165, 1.54) is 0 Å². The van der Waals surface area contributed by atoms with E-state index in [0.717, 1.165) is 50.7 Å². The summed E-state index contributed by atoms with van der Waals surface area (Å²) in [7, 11) is 0. The average molecular weight is 463 g/mol. The summed E-state index contributed by atoms with van der Waals surface area (Å²) in [4.78, 5) is 4.83. The van der Waals surface area contributed by atoms with Gasteiger partial charge < -0.3 is 15.4 Å². The van der Waals surface area contributed by atoms with Crippen LogP contribution in [0.5, 0.6) is 0 Å². The molecule has 1 saturated heterocycles. The molecule has 1 fully saturated rings. The molecular weight excluding hydrogens is 432 g/mol. The van der Waals surface area contributed by atoms with E-state index in [0.29, 0.717) is 12.5 Å². The molecule has 0 aliphatic carbocycles. The minimum absolute atomic E-state index is 0. The lowest BCUT2D eigenvalue weighted by Gasteiger charge is -2.36. The first kappa shape index (κ1) is 22.2. The topological polar surface area (TPSA) is 45.7 Å². The molecule has 0 amide bonds. The second-order valence-electron chi connectivity index (χ2n) is 6.87. The van der Waals surface area contributed by atoms with Gasteiger partial charge in [0.25, 0.3) is 0 Å². The predicted octanol–water partition coefficient (Wildman–Crippen LogP) is 3.70. The zero-order valence-corrected chi connectivity index (χ0v) is 17.8. The number of guanidine groups is 1. The van der Waals surface area contributed by atoms with Crippen LogP contribution in [0.3, 0.4) is 0 Å². The smallest absolute Gasteiger partial charge is 0.191 e. The molecule has 1 heterocycles. The Hall–Kier alpha value is -0.890. The molecule has 0 saturated carbocycles. The first-order valence-electron chi connectivity index (χ1n) is 8.92. The molecule has 25 heavy (non-hydrogen) atoms. The van der Waals surface area contributed by atoms with Crippen molar-refractivity contribution in [1.29, 1.82) is 0 Å². The fourth-order valence-corrected chi connectivity index (χ4v) is 2.98. The molecule has 1 aromatic rings. The van der Waals surface area contributed by atoms with E-state index in [4.69, 9.17) is 9.73 Å². The summed E-state index contributed by atoms with van der Waals surface area (Å²) in [6.45, 7) is 10.3. The highest BCUT2D eigenvalue weighted by molar-refractivity contribution is 14.0. The van der Waals surface area contributed by atoms with Gasteiger partial charge in [-0.25, -0.2) is 4.39 Å². The fourth-order valence-electron chi connectivity index (χ4n) is 2.98. The highest BCUT2D eigenvalue weighted by Gasteiger charge is 2.34. The highest BCUT2D eigenvalue weighted by Crippen LogP contribution is 2.35. The maximum atomic E-state index is 13.3. The Balaban J connectivity index is 0.00000312. The molecule has 1 aliphatic heterocycles. The Kier molecular flexibility index (Phi) is 9.71. The molecule has 0 atom stereocenters. The highest BCUT2D eigenvalue weighted by atomic mass is 127. The number of rotatable bonds is 6. The van der Waals surface area contributed by atoms with Crippen LogP contribution >= 0.6 is 24.0 Å². The maximum absolute atomic E-state index is 13.3. The van der Waals surface area contributed by atoms with Crippen LogP contribution < -0.4 is 10.6 Å². The third kappa shape index (κ3) is 6.73. The molecule has 0 spiro atoms. The van der Waals surface area contributed by atoms with Crippen molar-refractivity contribution in [2.75, 3.05) is 32.8 Å². The fraction of sp³-hybridized carbons (Fsp3) is 0.632. The quantitative estimate of drug-likeness (QED) is 0.384. The van der Waals surface area contributed by atoms with Gasteiger partial charge in [-0.3, -0.25) is 4.99 Å². The van der Waals surface area contributed by atoms with Gasteiger partial charge >= 0.3 is 0 Å². The predicted molar refractivity (Wildman–Crippen MR) is 112 cm³/mol. The van der Waals surface area contributed by atoms with Gasteiger partial charge in [0.05, 0.1) is 6.54 Å². The molecule has 1 aliphatic rings. The zero-order chi connectivity index (χ0) is 17.4. The number of hydrogen-bond donors (Lipinski definition) is 2. The number of nitrogens with one attached hydrogen (secondary N) is 2. The van der Waals surface area contributed by atoms with E-state index in [1.54, 1.807) is 12.1 Å². The van der Waals surface area contributed by atoms with Gasteiger partial charge in [0.15, 0.2) is 5.96 Å².